The molecule has 0 aromatic carbocycles. The molecule has 1 atom stereocenters. The zero-order valence-electron chi connectivity index (χ0n) is 9.08. The van der Waals surface area contributed by atoms with Crippen molar-refractivity contribution in [2.24, 2.45) is 0 Å². The van der Waals surface area contributed by atoms with Crippen molar-refractivity contribution in [1.29, 1.82) is 0 Å². The molecule has 15 heavy (non-hydrogen) atoms. The van der Waals surface area contributed by atoms with Gasteiger partial charge < -0.3 is 4.74 Å². The zero-order valence-corrected chi connectivity index (χ0v) is 9.89. The van der Waals surface area contributed by atoms with Crippen LogP contribution in [-0.2, 0) is 11.2 Å². The minimum absolute atomic E-state index is 0.211. The van der Waals surface area contributed by atoms with Gasteiger partial charge in [-0.1, -0.05) is 6.92 Å². The lowest BCUT2D eigenvalue weighted by molar-refractivity contribution is 0.0968. The SMILES string of the molecule is COCC(C)c1nc2c(s1)CCCC2=O. The molecule has 0 bridgehead atoms. The summed E-state index contributed by atoms with van der Waals surface area (Å²) >= 11 is 1.68. The highest BCUT2D eigenvalue weighted by atomic mass is 32.1. The first-order chi connectivity index (χ1) is 7.22. The van der Waals surface area contributed by atoms with Gasteiger partial charge in [-0.15, -0.1) is 11.3 Å². The Balaban J connectivity index is 2.25. The van der Waals surface area contributed by atoms with Gasteiger partial charge in [0.2, 0.25) is 0 Å². The fourth-order valence-corrected chi connectivity index (χ4v) is 2.98. The molecule has 0 N–H and O–H groups in total. The lowest BCUT2D eigenvalue weighted by Gasteiger charge is -2.06. The van der Waals surface area contributed by atoms with E-state index in [0.717, 1.165) is 23.5 Å². The molecular weight excluding hydrogens is 210 g/mol. The summed E-state index contributed by atoms with van der Waals surface area (Å²) < 4.78 is 5.10. The smallest absolute Gasteiger partial charge is 0.182 e. The summed E-state index contributed by atoms with van der Waals surface area (Å²) in [4.78, 5) is 17.2. The predicted octanol–water partition coefficient (Wildman–Crippen LogP) is 2.41. The van der Waals surface area contributed by atoms with E-state index in [9.17, 15) is 4.79 Å². The molecule has 82 valence electrons. The van der Waals surface area contributed by atoms with E-state index in [-0.39, 0.29) is 5.78 Å². The van der Waals surface area contributed by atoms with E-state index in [2.05, 4.69) is 11.9 Å². The maximum Gasteiger partial charge on any atom is 0.182 e. The molecule has 0 fully saturated rings. The predicted molar refractivity (Wildman–Crippen MR) is 59.7 cm³/mol. The fourth-order valence-electron chi connectivity index (χ4n) is 1.82. The molecule has 0 radical (unpaired) electrons. The van der Waals surface area contributed by atoms with Crippen molar-refractivity contribution in [2.75, 3.05) is 13.7 Å². The van der Waals surface area contributed by atoms with Crippen molar-refractivity contribution in [3.63, 3.8) is 0 Å². The summed E-state index contributed by atoms with van der Waals surface area (Å²) in [6.45, 7) is 2.75. The quantitative estimate of drug-likeness (QED) is 0.793. The van der Waals surface area contributed by atoms with E-state index in [1.807, 2.05) is 0 Å². The summed E-state index contributed by atoms with van der Waals surface area (Å²) in [6.07, 6.45) is 2.65. The van der Waals surface area contributed by atoms with Crippen LogP contribution >= 0.6 is 11.3 Å². The van der Waals surface area contributed by atoms with Crippen LogP contribution in [0.25, 0.3) is 0 Å². The molecule has 0 saturated heterocycles. The highest BCUT2D eigenvalue weighted by Gasteiger charge is 2.23. The molecule has 0 spiro atoms. The summed E-state index contributed by atoms with van der Waals surface area (Å²) in [6, 6.07) is 0. The lowest BCUT2D eigenvalue weighted by Crippen LogP contribution is -2.09. The van der Waals surface area contributed by atoms with Crippen LogP contribution in [0.1, 0.15) is 46.1 Å². The van der Waals surface area contributed by atoms with Gasteiger partial charge in [-0.2, -0.15) is 0 Å². The van der Waals surface area contributed by atoms with Crippen LogP contribution in [0.5, 0.6) is 0 Å². The van der Waals surface area contributed by atoms with Gasteiger partial charge in [0, 0.05) is 24.3 Å². The van der Waals surface area contributed by atoms with Crippen LogP contribution in [0.2, 0.25) is 0 Å². The number of carbonyl (C=O) groups is 1. The van der Waals surface area contributed by atoms with Crippen molar-refractivity contribution >= 4 is 17.1 Å². The standard InChI is InChI=1S/C11H15NO2S/c1-7(6-14-2)11-12-10-8(13)4-3-5-9(10)15-11/h7H,3-6H2,1-2H3. The number of thiazole rings is 1. The highest BCUT2D eigenvalue weighted by molar-refractivity contribution is 7.12. The summed E-state index contributed by atoms with van der Waals surface area (Å²) in [5.74, 6) is 0.502. The molecule has 1 unspecified atom stereocenters. The molecule has 4 heteroatoms. The second-order valence-corrected chi connectivity index (χ2v) is 5.07. The second kappa shape index (κ2) is 4.41. The number of hydrogen-bond acceptors (Lipinski definition) is 4. The first kappa shape index (κ1) is 10.8. The highest BCUT2D eigenvalue weighted by Crippen LogP contribution is 2.30. The number of methoxy groups -OCH3 is 1. The normalized spacial score (nSPS) is 17.6. The van der Waals surface area contributed by atoms with Crippen LogP contribution in [0.15, 0.2) is 0 Å². The van der Waals surface area contributed by atoms with Crippen LogP contribution in [0, 0.1) is 0 Å². The number of Topliss-reactive ketones (excluding diaryl/α,β-unsaturated/α-hetero) is 1. The number of rotatable bonds is 3. The number of nitrogens with zero attached hydrogens (tertiary/aromatic N) is 1. The molecule has 1 aromatic heterocycles. The molecule has 1 heterocycles. The van der Waals surface area contributed by atoms with Crippen LogP contribution in [0.4, 0.5) is 0 Å². The number of ether oxygens (including phenoxy) is 1. The monoisotopic (exact) mass is 225 g/mol. The number of carbonyl (C=O) groups excluding carboxylic acids is 1. The van der Waals surface area contributed by atoms with Crippen LogP contribution in [0.3, 0.4) is 0 Å². The minimum atomic E-state index is 0.211. The second-order valence-electron chi connectivity index (χ2n) is 3.96. The Labute approximate surface area is 93.5 Å². The molecule has 0 amide bonds. The van der Waals surface area contributed by atoms with Gasteiger partial charge in [0.25, 0.3) is 0 Å². The van der Waals surface area contributed by atoms with E-state index < -0.39 is 0 Å². The Kier molecular flexibility index (Phi) is 3.17. The third-order valence-corrected chi connectivity index (χ3v) is 3.97. The summed E-state index contributed by atoms with van der Waals surface area (Å²) in [5.41, 5.74) is 0.726. The molecule has 3 nitrogen and oxygen atoms in total. The van der Waals surface area contributed by atoms with Crippen molar-refractivity contribution in [2.45, 2.75) is 32.1 Å². The molecule has 0 aliphatic heterocycles. The van der Waals surface area contributed by atoms with Crippen molar-refractivity contribution in [3.05, 3.63) is 15.6 Å². The number of fused-ring (bicyclic) bond motifs is 1. The minimum Gasteiger partial charge on any atom is -0.384 e. The average Bonchev–Trinajstić information content (AvgIpc) is 2.63. The van der Waals surface area contributed by atoms with Crippen molar-refractivity contribution in [1.82, 2.24) is 4.98 Å². The Morgan fingerprint density at radius 1 is 1.53 bits per heavy atom. The van der Waals surface area contributed by atoms with Crippen LogP contribution < -0.4 is 0 Å². The number of hydrogen-bond donors (Lipinski definition) is 0. The average molecular weight is 225 g/mol. The zero-order chi connectivity index (χ0) is 10.8. The van der Waals surface area contributed by atoms with E-state index in [1.54, 1.807) is 18.4 Å². The fraction of sp³-hybridized carbons (Fsp3) is 0.636. The molecule has 1 aromatic rings. The summed E-state index contributed by atoms with van der Waals surface area (Å²) in [5, 5.41) is 1.04. The third kappa shape index (κ3) is 2.11. The maximum absolute atomic E-state index is 11.6. The van der Waals surface area contributed by atoms with Crippen LogP contribution in [-0.4, -0.2) is 24.5 Å². The number of ketones is 1. The van der Waals surface area contributed by atoms with Gasteiger partial charge in [0.05, 0.1) is 11.6 Å². The van der Waals surface area contributed by atoms with Gasteiger partial charge in [0.15, 0.2) is 5.78 Å². The van der Waals surface area contributed by atoms with Crippen molar-refractivity contribution in [3.8, 4) is 0 Å². The van der Waals surface area contributed by atoms with E-state index in [4.69, 9.17) is 4.74 Å². The Morgan fingerprint density at radius 2 is 2.33 bits per heavy atom. The number of aryl methyl sites for hydroxylation is 1. The van der Waals surface area contributed by atoms with Gasteiger partial charge in [-0.3, -0.25) is 4.79 Å². The van der Waals surface area contributed by atoms with Gasteiger partial charge in [-0.05, 0) is 12.8 Å². The first-order valence-corrected chi connectivity index (χ1v) is 6.05. The lowest BCUT2D eigenvalue weighted by atomic mass is 10.0. The van der Waals surface area contributed by atoms with Gasteiger partial charge >= 0.3 is 0 Å². The maximum atomic E-state index is 11.6. The Hall–Kier alpha value is -0.740. The molecular formula is C11H15NO2S. The summed E-state index contributed by atoms with van der Waals surface area (Å²) in [7, 11) is 1.69. The third-order valence-electron chi connectivity index (χ3n) is 2.62. The first-order valence-electron chi connectivity index (χ1n) is 5.24. The molecule has 2 rings (SSSR count). The topological polar surface area (TPSA) is 39.2 Å². The van der Waals surface area contributed by atoms with Gasteiger partial charge in [-0.25, -0.2) is 4.98 Å². The van der Waals surface area contributed by atoms with Crippen molar-refractivity contribution < 1.29 is 9.53 Å². The Bertz CT molecular complexity index is 373. The largest absolute Gasteiger partial charge is 0.384 e. The molecule has 1 aliphatic carbocycles. The van der Waals surface area contributed by atoms with E-state index in [1.165, 1.54) is 4.88 Å². The molecule has 0 saturated carbocycles. The van der Waals surface area contributed by atoms with E-state index in [0.29, 0.717) is 18.9 Å². The van der Waals surface area contributed by atoms with Gasteiger partial charge in [0.1, 0.15) is 5.69 Å². The molecule has 1 aliphatic rings. The number of aromatic nitrogens is 1. The van der Waals surface area contributed by atoms with E-state index >= 15 is 0 Å². The Morgan fingerprint density at radius 3 is 3.00 bits per heavy atom.